The molecular weight excluding hydrogens is 338 g/mol. The molecule has 7 heteroatoms. The van der Waals surface area contributed by atoms with Gasteiger partial charge in [0.25, 0.3) is 5.91 Å². The number of amides is 1. The maximum atomic E-state index is 12.5. The smallest absolute Gasteiger partial charge is 0.253 e. The van der Waals surface area contributed by atoms with Crippen LogP contribution in [0.5, 0.6) is 0 Å². The van der Waals surface area contributed by atoms with E-state index in [4.69, 9.17) is 0 Å². The Morgan fingerprint density at radius 3 is 2.48 bits per heavy atom. The third-order valence-electron chi connectivity index (χ3n) is 4.38. The predicted octanol–water partition coefficient (Wildman–Crippen LogP) is 1.98. The van der Waals surface area contributed by atoms with E-state index < -0.39 is 10.0 Å². The summed E-state index contributed by atoms with van der Waals surface area (Å²) in [6, 6.07) is 7.58. The lowest BCUT2D eigenvalue weighted by atomic mass is 10.0. The largest absolute Gasteiger partial charge is 0.371 e. The first-order chi connectivity index (χ1) is 11.8. The molecule has 1 aliphatic heterocycles. The fraction of sp³-hybridized carbons (Fsp3) is 0.611. The number of nitrogens with zero attached hydrogens (tertiary/aromatic N) is 1. The van der Waals surface area contributed by atoms with Crippen LogP contribution in [0.4, 0.5) is 5.69 Å². The van der Waals surface area contributed by atoms with Crippen molar-refractivity contribution in [2.75, 3.05) is 30.3 Å². The second kappa shape index (κ2) is 8.67. The molecule has 2 N–H and O–H groups in total. The summed E-state index contributed by atoms with van der Waals surface area (Å²) in [6.07, 6.45) is 1.47. The minimum absolute atomic E-state index is 0.0249. The zero-order valence-corrected chi connectivity index (χ0v) is 16.1. The molecule has 1 saturated heterocycles. The van der Waals surface area contributed by atoms with Gasteiger partial charge in [0.05, 0.1) is 11.3 Å². The number of para-hydroxylation sites is 1. The van der Waals surface area contributed by atoms with Gasteiger partial charge in [-0.25, -0.2) is 13.1 Å². The van der Waals surface area contributed by atoms with Crippen LogP contribution >= 0.6 is 0 Å². The Kier molecular flexibility index (Phi) is 6.84. The van der Waals surface area contributed by atoms with Crippen LogP contribution in [0.2, 0.25) is 0 Å². The van der Waals surface area contributed by atoms with Crippen LogP contribution in [-0.2, 0) is 10.0 Å². The summed E-state index contributed by atoms with van der Waals surface area (Å²) in [6.45, 7) is 7.87. The van der Waals surface area contributed by atoms with Gasteiger partial charge in [0.2, 0.25) is 10.0 Å². The zero-order chi connectivity index (χ0) is 18.4. The van der Waals surface area contributed by atoms with Gasteiger partial charge in [-0.2, -0.15) is 0 Å². The Balaban J connectivity index is 2.02. The van der Waals surface area contributed by atoms with Gasteiger partial charge in [-0.1, -0.05) is 26.0 Å². The highest BCUT2D eigenvalue weighted by Gasteiger charge is 2.25. The third-order valence-corrected chi connectivity index (χ3v) is 5.83. The van der Waals surface area contributed by atoms with E-state index in [1.165, 1.54) is 0 Å². The van der Waals surface area contributed by atoms with E-state index in [1.54, 1.807) is 6.92 Å². The Morgan fingerprint density at radius 1 is 1.24 bits per heavy atom. The molecule has 0 aliphatic carbocycles. The number of anilines is 1. The minimum atomic E-state index is -3.17. The quantitative estimate of drug-likeness (QED) is 0.772. The Morgan fingerprint density at radius 2 is 1.88 bits per heavy atom. The first-order valence-corrected chi connectivity index (χ1v) is 10.6. The van der Waals surface area contributed by atoms with Crippen LogP contribution < -0.4 is 14.9 Å². The van der Waals surface area contributed by atoms with E-state index in [1.807, 2.05) is 24.3 Å². The summed E-state index contributed by atoms with van der Waals surface area (Å²) < 4.78 is 26.2. The number of rotatable bonds is 7. The minimum Gasteiger partial charge on any atom is -0.371 e. The maximum Gasteiger partial charge on any atom is 0.253 e. The SMILES string of the molecule is CCS(=O)(=O)NC1CCN(c2ccccc2C(=O)NCC(C)C)CC1. The molecule has 0 saturated carbocycles. The van der Waals surface area contributed by atoms with E-state index in [2.05, 4.69) is 28.8 Å². The van der Waals surface area contributed by atoms with Crippen LogP contribution in [0.25, 0.3) is 0 Å². The number of benzene rings is 1. The number of carbonyl (C=O) groups excluding carboxylic acids is 1. The normalized spacial score (nSPS) is 16.2. The van der Waals surface area contributed by atoms with E-state index in [0.717, 1.165) is 31.6 Å². The second-order valence-electron chi connectivity index (χ2n) is 6.90. The highest BCUT2D eigenvalue weighted by atomic mass is 32.2. The lowest BCUT2D eigenvalue weighted by Gasteiger charge is -2.34. The Bertz CT molecular complexity index is 681. The molecular formula is C18H29N3O3S. The molecule has 1 amide bonds. The number of hydrogen-bond donors (Lipinski definition) is 2. The van der Waals surface area contributed by atoms with Gasteiger partial charge in [0.1, 0.15) is 0 Å². The molecule has 6 nitrogen and oxygen atoms in total. The zero-order valence-electron chi connectivity index (χ0n) is 15.3. The summed E-state index contributed by atoms with van der Waals surface area (Å²) >= 11 is 0. The average molecular weight is 368 g/mol. The molecule has 1 aromatic carbocycles. The summed E-state index contributed by atoms with van der Waals surface area (Å²) in [5.41, 5.74) is 1.59. The first-order valence-electron chi connectivity index (χ1n) is 8.94. The molecule has 1 aliphatic rings. The Hall–Kier alpha value is -1.60. The third kappa shape index (κ3) is 5.71. The molecule has 0 unspecified atom stereocenters. The van der Waals surface area contributed by atoms with Crippen LogP contribution in [-0.4, -0.2) is 45.8 Å². The molecule has 1 fully saturated rings. The van der Waals surface area contributed by atoms with E-state index in [9.17, 15) is 13.2 Å². The Labute approximate surface area is 151 Å². The molecule has 0 atom stereocenters. The van der Waals surface area contributed by atoms with E-state index >= 15 is 0 Å². The fourth-order valence-corrected chi connectivity index (χ4v) is 3.82. The van der Waals surface area contributed by atoms with Gasteiger partial charge in [-0.05, 0) is 37.8 Å². The number of nitrogens with one attached hydrogen (secondary N) is 2. The first kappa shape index (κ1) is 19.7. The van der Waals surface area contributed by atoms with Gasteiger partial charge in [-0.15, -0.1) is 0 Å². The average Bonchev–Trinajstić information content (AvgIpc) is 2.60. The standard InChI is InChI=1S/C18H29N3O3S/c1-4-25(23,24)20-15-9-11-21(12-10-15)17-8-6-5-7-16(17)18(22)19-13-14(2)3/h5-8,14-15,20H,4,9-13H2,1-3H3,(H,19,22). The van der Waals surface area contributed by atoms with Gasteiger partial charge < -0.3 is 10.2 Å². The van der Waals surface area contributed by atoms with Crippen molar-refractivity contribution < 1.29 is 13.2 Å². The van der Waals surface area contributed by atoms with Crippen molar-refractivity contribution in [2.24, 2.45) is 5.92 Å². The van der Waals surface area contributed by atoms with Gasteiger partial charge in [0.15, 0.2) is 0 Å². The lowest BCUT2D eigenvalue weighted by Crippen LogP contribution is -2.45. The van der Waals surface area contributed by atoms with Gasteiger partial charge in [-0.3, -0.25) is 4.79 Å². The van der Waals surface area contributed by atoms with Crippen molar-refractivity contribution in [1.82, 2.24) is 10.0 Å². The topological polar surface area (TPSA) is 78.5 Å². The maximum absolute atomic E-state index is 12.5. The van der Waals surface area contributed by atoms with Crippen LogP contribution in [0, 0.1) is 5.92 Å². The molecule has 1 heterocycles. The van der Waals surface area contributed by atoms with Gasteiger partial charge >= 0.3 is 0 Å². The van der Waals surface area contributed by atoms with Crippen molar-refractivity contribution in [2.45, 2.75) is 39.7 Å². The number of carbonyl (C=O) groups is 1. The molecule has 0 radical (unpaired) electrons. The highest BCUT2D eigenvalue weighted by molar-refractivity contribution is 7.89. The summed E-state index contributed by atoms with van der Waals surface area (Å²) in [7, 11) is -3.17. The molecule has 0 aromatic heterocycles. The van der Waals surface area contributed by atoms with Crippen molar-refractivity contribution in [3.8, 4) is 0 Å². The van der Waals surface area contributed by atoms with Crippen LogP contribution in [0.1, 0.15) is 44.0 Å². The van der Waals surface area contributed by atoms with E-state index in [-0.39, 0.29) is 17.7 Å². The predicted molar refractivity (Wildman–Crippen MR) is 101 cm³/mol. The summed E-state index contributed by atoms with van der Waals surface area (Å²) in [5, 5.41) is 2.97. The number of piperidine rings is 1. The molecule has 25 heavy (non-hydrogen) atoms. The molecule has 0 bridgehead atoms. The molecule has 1 aromatic rings. The summed E-state index contributed by atoms with van der Waals surface area (Å²) in [5.74, 6) is 0.447. The molecule has 140 valence electrons. The fourth-order valence-electron chi connectivity index (χ4n) is 2.91. The number of hydrogen-bond acceptors (Lipinski definition) is 4. The van der Waals surface area contributed by atoms with Crippen molar-refractivity contribution in [3.63, 3.8) is 0 Å². The monoisotopic (exact) mass is 367 g/mol. The van der Waals surface area contributed by atoms with Crippen molar-refractivity contribution >= 4 is 21.6 Å². The molecule has 0 spiro atoms. The molecule has 2 rings (SSSR count). The highest BCUT2D eigenvalue weighted by Crippen LogP contribution is 2.24. The van der Waals surface area contributed by atoms with Crippen LogP contribution in [0.3, 0.4) is 0 Å². The number of sulfonamides is 1. The summed E-state index contributed by atoms with van der Waals surface area (Å²) in [4.78, 5) is 14.6. The van der Waals surface area contributed by atoms with Crippen molar-refractivity contribution in [1.29, 1.82) is 0 Å². The van der Waals surface area contributed by atoms with E-state index in [0.29, 0.717) is 18.0 Å². The second-order valence-corrected chi connectivity index (χ2v) is 8.95. The lowest BCUT2D eigenvalue weighted by molar-refractivity contribution is 0.0949. The van der Waals surface area contributed by atoms with Crippen molar-refractivity contribution in [3.05, 3.63) is 29.8 Å². The van der Waals surface area contributed by atoms with Crippen LogP contribution in [0.15, 0.2) is 24.3 Å². The van der Waals surface area contributed by atoms with Gasteiger partial charge in [0, 0.05) is 31.4 Å².